The summed E-state index contributed by atoms with van der Waals surface area (Å²) >= 11 is 0. The summed E-state index contributed by atoms with van der Waals surface area (Å²) in [5.41, 5.74) is 1.62. The molecule has 0 aromatic heterocycles. The zero-order chi connectivity index (χ0) is 15.4. The van der Waals surface area contributed by atoms with Crippen LogP contribution in [0.1, 0.15) is 46.0 Å². The van der Waals surface area contributed by atoms with Gasteiger partial charge in [0.05, 0.1) is 19.3 Å². The smallest absolute Gasteiger partial charge is 0.0599 e. The predicted octanol–water partition coefficient (Wildman–Crippen LogP) is 3.50. The highest BCUT2D eigenvalue weighted by Gasteiger charge is 2.27. The van der Waals surface area contributed by atoms with Gasteiger partial charge in [-0.1, -0.05) is 18.6 Å². The van der Waals surface area contributed by atoms with E-state index in [9.17, 15) is 0 Å². The molecule has 0 bridgehead atoms. The Kier molecular flexibility index (Phi) is 5.95. The van der Waals surface area contributed by atoms with E-state index in [0.29, 0.717) is 12.0 Å². The molecular weight excluding hydrogens is 274 g/mol. The van der Waals surface area contributed by atoms with Gasteiger partial charge in [-0.15, -0.1) is 0 Å². The molecule has 3 rings (SSSR count). The van der Waals surface area contributed by atoms with E-state index in [4.69, 9.17) is 9.47 Å². The highest BCUT2D eigenvalue weighted by Crippen LogP contribution is 2.31. The van der Waals surface area contributed by atoms with Gasteiger partial charge < -0.3 is 14.4 Å². The van der Waals surface area contributed by atoms with Gasteiger partial charge in [-0.05, 0) is 50.9 Å². The molecule has 3 heteroatoms. The Morgan fingerprint density at radius 3 is 2.73 bits per heavy atom. The summed E-state index contributed by atoms with van der Waals surface area (Å²) in [4.78, 5) is 2.67. The molecule has 0 saturated carbocycles. The molecule has 2 heterocycles. The van der Waals surface area contributed by atoms with Crippen LogP contribution in [0.5, 0.6) is 0 Å². The third-order valence-electron chi connectivity index (χ3n) is 5.94. The SMILES string of the molecule is CC1=CCCC(C)C1CN1CCC(OCC2CCOC2)CC1. The fraction of sp³-hybridized carbons (Fsp3) is 0.895. The van der Waals surface area contributed by atoms with Gasteiger partial charge in [-0.3, -0.25) is 0 Å². The molecule has 22 heavy (non-hydrogen) atoms. The molecule has 0 N–H and O–H groups in total. The zero-order valence-electron chi connectivity index (χ0n) is 14.4. The highest BCUT2D eigenvalue weighted by molar-refractivity contribution is 5.09. The summed E-state index contributed by atoms with van der Waals surface area (Å²) in [6.45, 7) is 11.2. The van der Waals surface area contributed by atoms with E-state index in [2.05, 4.69) is 24.8 Å². The molecule has 3 unspecified atom stereocenters. The number of piperidine rings is 1. The first-order valence-electron chi connectivity index (χ1n) is 9.30. The summed E-state index contributed by atoms with van der Waals surface area (Å²) in [6.07, 6.45) is 9.19. The van der Waals surface area contributed by atoms with Gasteiger partial charge in [-0.2, -0.15) is 0 Å². The van der Waals surface area contributed by atoms with Crippen LogP contribution in [-0.4, -0.2) is 50.5 Å². The lowest BCUT2D eigenvalue weighted by Gasteiger charge is -2.37. The molecule has 0 aromatic rings. The van der Waals surface area contributed by atoms with Crippen molar-refractivity contribution in [1.82, 2.24) is 4.90 Å². The number of nitrogens with zero attached hydrogens (tertiary/aromatic N) is 1. The van der Waals surface area contributed by atoms with Crippen LogP contribution < -0.4 is 0 Å². The van der Waals surface area contributed by atoms with Gasteiger partial charge in [-0.25, -0.2) is 0 Å². The second-order valence-electron chi connectivity index (χ2n) is 7.67. The Hall–Kier alpha value is -0.380. The average Bonchev–Trinajstić information content (AvgIpc) is 3.04. The maximum Gasteiger partial charge on any atom is 0.0599 e. The van der Waals surface area contributed by atoms with E-state index in [1.807, 2.05) is 0 Å². The van der Waals surface area contributed by atoms with E-state index in [0.717, 1.165) is 31.7 Å². The zero-order valence-corrected chi connectivity index (χ0v) is 14.4. The van der Waals surface area contributed by atoms with E-state index in [-0.39, 0.29) is 0 Å². The Labute approximate surface area is 136 Å². The minimum Gasteiger partial charge on any atom is -0.381 e. The van der Waals surface area contributed by atoms with Crippen LogP contribution in [0.4, 0.5) is 0 Å². The minimum atomic E-state index is 0.484. The number of ether oxygens (including phenoxy) is 2. The summed E-state index contributed by atoms with van der Waals surface area (Å²) in [5.74, 6) is 2.28. The van der Waals surface area contributed by atoms with E-state index < -0.39 is 0 Å². The third-order valence-corrected chi connectivity index (χ3v) is 5.94. The number of rotatable bonds is 5. The van der Waals surface area contributed by atoms with Crippen LogP contribution in [0.25, 0.3) is 0 Å². The average molecular weight is 307 g/mol. The maximum absolute atomic E-state index is 6.13. The fourth-order valence-electron chi connectivity index (χ4n) is 4.22. The van der Waals surface area contributed by atoms with Gasteiger partial charge in [0, 0.05) is 32.2 Å². The van der Waals surface area contributed by atoms with Crippen molar-refractivity contribution in [3.63, 3.8) is 0 Å². The molecule has 1 aliphatic carbocycles. The van der Waals surface area contributed by atoms with Gasteiger partial charge in [0.2, 0.25) is 0 Å². The van der Waals surface area contributed by atoms with Crippen LogP contribution in [0.2, 0.25) is 0 Å². The van der Waals surface area contributed by atoms with Gasteiger partial charge in [0.25, 0.3) is 0 Å². The molecule has 2 aliphatic heterocycles. The van der Waals surface area contributed by atoms with Crippen molar-refractivity contribution in [3.05, 3.63) is 11.6 Å². The Morgan fingerprint density at radius 1 is 1.23 bits per heavy atom. The fourth-order valence-corrected chi connectivity index (χ4v) is 4.22. The number of likely N-dealkylation sites (tertiary alicyclic amines) is 1. The van der Waals surface area contributed by atoms with Crippen molar-refractivity contribution in [2.24, 2.45) is 17.8 Å². The first-order chi connectivity index (χ1) is 10.7. The quantitative estimate of drug-likeness (QED) is 0.726. The molecule has 0 amide bonds. The first kappa shape index (κ1) is 16.5. The highest BCUT2D eigenvalue weighted by atomic mass is 16.5. The van der Waals surface area contributed by atoms with Crippen molar-refractivity contribution < 1.29 is 9.47 Å². The summed E-state index contributed by atoms with van der Waals surface area (Å²) < 4.78 is 11.6. The molecule has 2 saturated heterocycles. The van der Waals surface area contributed by atoms with Crippen molar-refractivity contribution in [2.75, 3.05) is 39.5 Å². The van der Waals surface area contributed by atoms with Crippen LogP contribution in [0.15, 0.2) is 11.6 Å². The molecule has 0 radical (unpaired) electrons. The monoisotopic (exact) mass is 307 g/mol. The van der Waals surface area contributed by atoms with Crippen LogP contribution >= 0.6 is 0 Å². The topological polar surface area (TPSA) is 21.7 Å². The van der Waals surface area contributed by atoms with Crippen molar-refractivity contribution in [2.45, 2.75) is 52.1 Å². The molecule has 0 spiro atoms. The second-order valence-corrected chi connectivity index (χ2v) is 7.67. The number of allylic oxidation sites excluding steroid dienone is 1. The van der Waals surface area contributed by atoms with Crippen molar-refractivity contribution in [3.8, 4) is 0 Å². The van der Waals surface area contributed by atoms with Gasteiger partial charge in [0.1, 0.15) is 0 Å². The van der Waals surface area contributed by atoms with E-state index >= 15 is 0 Å². The van der Waals surface area contributed by atoms with Crippen LogP contribution in [-0.2, 0) is 9.47 Å². The van der Waals surface area contributed by atoms with Crippen molar-refractivity contribution in [1.29, 1.82) is 0 Å². The lowest BCUT2D eigenvalue weighted by atomic mass is 9.79. The van der Waals surface area contributed by atoms with E-state index in [1.54, 1.807) is 5.57 Å². The Morgan fingerprint density at radius 2 is 2.05 bits per heavy atom. The van der Waals surface area contributed by atoms with Crippen LogP contribution in [0, 0.1) is 17.8 Å². The summed E-state index contributed by atoms with van der Waals surface area (Å²) in [6, 6.07) is 0. The molecule has 2 fully saturated rings. The Bertz CT molecular complexity index is 368. The second kappa shape index (κ2) is 7.94. The normalized spacial score (nSPS) is 34.8. The standard InChI is InChI=1S/C19H33NO2/c1-15-4-3-5-16(2)19(15)12-20-9-6-18(7-10-20)22-14-17-8-11-21-13-17/h4,16-19H,3,5-14H2,1-2H3. The largest absolute Gasteiger partial charge is 0.381 e. The molecule has 3 aliphatic rings. The maximum atomic E-state index is 6.13. The van der Waals surface area contributed by atoms with Gasteiger partial charge >= 0.3 is 0 Å². The van der Waals surface area contributed by atoms with E-state index in [1.165, 1.54) is 51.7 Å². The minimum absolute atomic E-state index is 0.484. The first-order valence-corrected chi connectivity index (χ1v) is 9.30. The number of hydrogen-bond donors (Lipinski definition) is 0. The lowest BCUT2D eigenvalue weighted by Crippen LogP contribution is -2.41. The Balaban J connectivity index is 1.38. The lowest BCUT2D eigenvalue weighted by molar-refractivity contribution is -0.0130. The molecular formula is C19H33NO2. The predicted molar refractivity (Wildman–Crippen MR) is 90.0 cm³/mol. The number of hydrogen-bond acceptors (Lipinski definition) is 3. The molecule has 126 valence electrons. The third kappa shape index (κ3) is 4.33. The van der Waals surface area contributed by atoms with Crippen LogP contribution in [0.3, 0.4) is 0 Å². The molecule has 3 nitrogen and oxygen atoms in total. The summed E-state index contributed by atoms with van der Waals surface area (Å²) in [7, 11) is 0. The van der Waals surface area contributed by atoms with Crippen molar-refractivity contribution >= 4 is 0 Å². The molecule has 0 aromatic carbocycles. The van der Waals surface area contributed by atoms with Gasteiger partial charge in [0.15, 0.2) is 0 Å². The summed E-state index contributed by atoms with van der Waals surface area (Å²) in [5, 5.41) is 0. The molecule has 3 atom stereocenters.